The number of amides is 1. The van der Waals surface area contributed by atoms with Crippen molar-refractivity contribution < 1.29 is 19.2 Å². The Morgan fingerprint density at radius 1 is 1.09 bits per heavy atom. The molecule has 2 heterocycles. The smallest absolute Gasteiger partial charge is 0.282 e. The van der Waals surface area contributed by atoms with Crippen LogP contribution in [0.5, 0.6) is 11.5 Å². The van der Waals surface area contributed by atoms with Gasteiger partial charge in [-0.2, -0.15) is 0 Å². The molecule has 2 N–H and O–H groups in total. The molecule has 3 rings (SSSR count). The van der Waals surface area contributed by atoms with Gasteiger partial charge in [-0.1, -0.05) is 0 Å². The van der Waals surface area contributed by atoms with Gasteiger partial charge in [-0.15, -0.1) is 0 Å². The molecule has 1 fully saturated rings. The lowest BCUT2D eigenvalue weighted by Crippen LogP contribution is -3.16. The lowest BCUT2D eigenvalue weighted by molar-refractivity contribution is -0.913. The van der Waals surface area contributed by atoms with Gasteiger partial charge in [0.25, 0.3) is 5.91 Å². The van der Waals surface area contributed by atoms with E-state index in [0.717, 1.165) is 24.5 Å². The molecule has 0 aliphatic carbocycles. The standard InChI is InChI=1S/C17H24N2O3/c1-13(19-8-4-2-3-5-9-19)17(20)18-14-6-7-15-16(12-14)22-11-10-21-15/h6-7,12-13H,2-5,8-11H2,1H3,(H,18,20)/p+1/t13-/m1/s1. The van der Waals surface area contributed by atoms with E-state index in [0.29, 0.717) is 19.0 Å². The maximum atomic E-state index is 12.5. The Balaban J connectivity index is 1.63. The number of likely N-dealkylation sites (tertiary alicyclic amines) is 1. The molecule has 1 atom stereocenters. The summed E-state index contributed by atoms with van der Waals surface area (Å²) in [6.45, 7) is 5.34. The average Bonchev–Trinajstić information content (AvgIpc) is 2.83. The molecule has 0 unspecified atom stereocenters. The fourth-order valence-electron chi connectivity index (χ4n) is 3.17. The topological polar surface area (TPSA) is 52.0 Å². The van der Waals surface area contributed by atoms with Crippen molar-refractivity contribution in [1.82, 2.24) is 0 Å². The van der Waals surface area contributed by atoms with Crippen molar-refractivity contribution in [2.24, 2.45) is 0 Å². The number of fused-ring (bicyclic) bond motifs is 1. The summed E-state index contributed by atoms with van der Waals surface area (Å²) in [5.74, 6) is 1.53. The number of quaternary nitrogens is 1. The van der Waals surface area contributed by atoms with Crippen LogP contribution in [0.2, 0.25) is 0 Å². The highest BCUT2D eigenvalue weighted by molar-refractivity contribution is 5.93. The van der Waals surface area contributed by atoms with Gasteiger partial charge in [-0.25, -0.2) is 0 Å². The predicted molar refractivity (Wildman–Crippen MR) is 84.7 cm³/mol. The van der Waals surface area contributed by atoms with Gasteiger partial charge in [0.05, 0.1) is 13.1 Å². The molecule has 1 aromatic carbocycles. The second kappa shape index (κ2) is 7.01. The third kappa shape index (κ3) is 3.53. The van der Waals surface area contributed by atoms with Gasteiger partial charge in [0.15, 0.2) is 17.5 Å². The van der Waals surface area contributed by atoms with E-state index in [9.17, 15) is 4.79 Å². The molecule has 0 bridgehead atoms. The van der Waals surface area contributed by atoms with Crippen molar-refractivity contribution in [3.8, 4) is 11.5 Å². The van der Waals surface area contributed by atoms with Gasteiger partial charge in [0.2, 0.25) is 0 Å². The van der Waals surface area contributed by atoms with Crippen LogP contribution >= 0.6 is 0 Å². The summed E-state index contributed by atoms with van der Waals surface area (Å²) in [5.41, 5.74) is 0.773. The molecule has 1 saturated heterocycles. The van der Waals surface area contributed by atoms with Gasteiger partial charge in [0, 0.05) is 11.8 Å². The van der Waals surface area contributed by atoms with Crippen LogP contribution < -0.4 is 19.7 Å². The summed E-state index contributed by atoms with van der Waals surface area (Å²) in [7, 11) is 0. The first-order valence-electron chi connectivity index (χ1n) is 8.29. The Bertz CT molecular complexity index is 525. The van der Waals surface area contributed by atoms with E-state index in [1.807, 2.05) is 25.1 Å². The van der Waals surface area contributed by atoms with E-state index < -0.39 is 0 Å². The van der Waals surface area contributed by atoms with Crippen molar-refractivity contribution in [1.29, 1.82) is 0 Å². The number of hydrogen-bond acceptors (Lipinski definition) is 3. The number of rotatable bonds is 3. The number of carbonyl (C=O) groups is 1. The Morgan fingerprint density at radius 3 is 2.50 bits per heavy atom. The van der Waals surface area contributed by atoms with E-state index in [2.05, 4.69) is 5.32 Å². The molecule has 22 heavy (non-hydrogen) atoms. The lowest BCUT2D eigenvalue weighted by Gasteiger charge is -2.24. The van der Waals surface area contributed by atoms with E-state index in [4.69, 9.17) is 9.47 Å². The third-order valence-corrected chi connectivity index (χ3v) is 4.56. The summed E-state index contributed by atoms with van der Waals surface area (Å²) < 4.78 is 11.1. The number of nitrogens with one attached hydrogen (secondary N) is 2. The van der Waals surface area contributed by atoms with Gasteiger partial charge >= 0.3 is 0 Å². The van der Waals surface area contributed by atoms with Crippen LogP contribution in [0.25, 0.3) is 0 Å². The van der Waals surface area contributed by atoms with Crippen LogP contribution in [-0.4, -0.2) is 38.3 Å². The number of benzene rings is 1. The zero-order chi connectivity index (χ0) is 15.4. The van der Waals surface area contributed by atoms with Gasteiger partial charge in [0.1, 0.15) is 13.2 Å². The van der Waals surface area contributed by atoms with Crippen molar-refractivity contribution in [3.63, 3.8) is 0 Å². The Morgan fingerprint density at radius 2 is 1.77 bits per heavy atom. The molecule has 0 saturated carbocycles. The van der Waals surface area contributed by atoms with Crippen LogP contribution in [0.1, 0.15) is 32.6 Å². The summed E-state index contributed by atoms with van der Waals surface area (Å²) in [6.07, 6.45) is 5.02. The van der Waals surface area contributed by atoms with Crippen molar-refractivity contribution >= 4 is 11.6 Å². The Labute approximate surface area is 131 Å². The molecule has 5 heteroatoms. The second-order valence-corrected chi connectivity index (χ2v) is 6.14. The molecule has 0 radical (unpaired) electrons. The summed E-state index contributed by atoms with van der Waals surface area (Å²) in [6, 6.07) is 5.55. The zero-order valence-electron chi connectivity index (χ0n) is 13.2. The molecule has 2 aliphatic rings. The highest BCUT2D eigenvalue weighted by Crippen LogP contribution is 2.32. The monoisotopic (exact) mass is 305 g/mol. The maximum absolute atomic E-state index is 12.5. The molecule has 120 valence electrons. The van der Waals surface area contributed by atoms with Gasteiger partial charge < -0.3 is 19.7 Å². The van der Waals surface area contributed by atoms with Crippen molar-refractivity contribution in [2.75, 3.05) is 31.6 Å². The minimum atomic E-state index is -0.0219. The fourth-order valence-corrected chi connectivity index (χ4v) is 3.17. The average molecular weight is 305 g/mol. The third-order valence-electron chi connectivity index (χ3n) is 4.56. The van der Waals surface area contributed by atoms with E-state index in [1.54, 1.807) is 0 Å². The highest BCUT2D eigenvalue weighted by atomic mass is 16.6. The number of hydrogen-bond donors (Lipinski definition) is 2. The van der Waals surface area contributed by atoms with Crippen LogP contribution in [0.15, 0.2) is 18.2 Å². The van der Waals surface area contributed by atoms with Crippen LogP contribution in [0.3, 0.4) is 0 Å². The summed E-state index contributed by atoms with van der Waals surface area (Å²) in [4.78, 5) is 13.9. The van der Waals surface area contributed by atoms with Gasteiger partial charge in [-0.05, 0) is 44.7 Å². The minimum absolute atomic E-state index is 0.0219. The second-order valence-electron chi connectivity index (χ2n) is 6.14. The first kappa shape index (κ1) is 15.2. The molecule has 0 spiro atoms. The highest BCUT2D eigenvalue weighted by Gasteiger charge is 2.26. The molecule has 1 aromatic rings. The van der Waals surface area contributed by atoms with Crippen molar-refractivity contribution in [3.05, 3.63) is 18.2 Å². The molecular weight excluding hydrogens is 280 g/mol. The largest absolute Gasteiger partial charge is 0.486 e. The quantitative estimate of drug-likeness (QED) is 0.883. The summed E-state index contributed by atoms with van der Waals surface area (Å²) in [5, 5.41) is 3.01. The minimum Gasteiger partial charge on any atom is -0.486 e. The molecular formula is C17H25N2O3+. The molecule has 2 aliphatic heterocycles. The van der Waals surface area contributed by atoms with Crippen LogP contribution in [0.4, 0.5) is 5.69 Å². The Kier molecular flexibility index (Phi) is 4.83. The van der Waals surface area contributed by atoms with Crippen molar-refractivity contribution in [2.45, 2.75) is 38.6 Å². The Hall–Kier alpha value is -1.75. The predicted octanol–water partition coefficient (Wildman–Crippen LogP) is 1.24. The van der Waals surface area contributed by atoms with E-state index in [1.165, 1.54) is 30.6 Å². The number of carbonyl (C=O) groups excluding carboxylic acids is 1. The first-order valence-corrected chi connectivity index (χ1v) is 8.29. The molecule has 0 aromatic heterocycles. The first-order chi connectivity index (χ1) is 10.7. The molecule has 1 amide bonds. The normalized spacial score (nSPS) is 20.0. The summed E-state index contributed by atoms with van der Waals surface area (Å²) >= 11 is 0. The van der Waals surface area contributed by atoms with Crippen LogP contribution in [0, 0.1) is 0 Å². The SMILES string of the molecule is C[C@H](C(=O)Nc1ccc2c(c1)OCCO2)[NH+]1CCCCCC1. The zero-order valence-corrected chi connectivity index (χ0v) is 13.2. The molecule has 5 nitrogen and oxygen atoms in total. The van der Waals surface area contributed by atoms with E-state index in [-0.39, 0.29) is 11.9 Å². The fraction of sp³-hybridized carbons (Fsp3) is 0.588. The lowest BCUT2D eigenvalue weighted by atomic mass is 10.2. The maximum Gasteiger partial charge on any atom is 0.282 e. The van der Waals surface area contributed by atoms with Gasteiger partial charge in [-0.3, -0.25) is 4.79 Å². The van der Waals surface area contributed by atoms with E-state index >= 15 is 0 Å². The number of anilines is 1. The number of ether oxygens (including phenoxy) is 2. The van der Waals surface area contributed by atoms with Crippen LogP contribution in [-0.2, 0) is 4.79 Å².